The quantitative estimate of drug-likeness (QED) is 0.250. The van der Waals surface area contributed by atoms with Crippen molar-refractivity contribution in [3.63, 3.8) is 0 Å². The molecule has 1 saturated carbocycles. The van der Waals surface area contributed by atoms with Crippen LogP contribution in [0, 0.1) is 3.57 Å². The van der Waals surface area contributed by atoms with Crippen molar-refractivity contribution in [2.24, 2.45) is 0 Å². The first kappa shape index (κ1) is 30.3. The lowest BCUT2D eigenvalue weighted by Gasteiger charge is -2.33. The Morgan fingerprint density at radius 3 is 2.20 bits per heavy atom. The summed E-state index contributed by atoms with van der Waals surface area (Å²) in [5.41, 5.74) is 1.16. The van der Waals surface area contributed by atoms with Crippen molar-refractivity contribution in [1.82, 2.24) is 10.2 Å². The highest BCUT2D eigenvalue weighted by molar-refractivity contribution is 14.1. The molecule has 40 heavy (non-hydrogen) atoms. The summed E-state index contributed by atoms with van der Waals surface area (Å²) in [5.74, 6) is -0.690. The number of rotatable bonds is 11. The van der Waals surface area contributed by atoms with Crippen molar-refractivity contribution >= 4 is 61.7 Å². The average Bonchev–Trinajstić information content (AvgIpc) is 3.46. The first-order valence-electron chi connectivity index (χ1n) is 13.4. The molecule has 10 heteroatoms. The molecule has 212 valence electrons. The normalized spacial score (nSPS) is 14.5. The molecule has 0 bridgehead atoms. The van der Waals surface area contributed by atoms with E-state index in [0.29, 0.717) is 17.1 Å². The number of amides is 2. The minimum atomic E-state index is -4.08. The number of sulfonamides is 1. The second-order valence-electron chi connectivity index (χ2n) is 9.86. The van der Waals surface area contributed by atoms with Gasteiger partial charge in [-0.3, -0.25) is 13.9 Å². The number of benzene rings is 3. The lowest BCUT2D eigenvalue weighted by Crippen LogP contribution is -2.53. The van der Waals surface area contributed by atoms with Gasteiger partial charge in [-0.15, -0.1) is 0 Å². The van der Waals surface area contributed by atoms with E-state index in [4.69, 9.17) is 11.6 Å². The average molecular weight is 694 g/mol. The molecule has 1 fully saturated rings. The molecule has 1 aliphatic carbocycles. The van der Waals surface area contributed by atoms with Crippen LogP contribution in [0.1, 0.15) is 44.6 Å². The molecular weight excluding hydrogens is 661 g/mol. The van der Waals surface area contributed by atoms with Crippen LogP contribution in [0.25, 0.3) is 0 Å². The van der Waals surface area contributed by atoms with E-state index >= 15 is 0 Å². The second-order valence-corrected chi connectivity index (χ2v) is 13.4. The van der Waals surface area contributed by atoms with Gasteiger partial charge in [0.1, 0.15) is 12.6 Å². The van der Waals surface area contributed by atoms with Crippen LogP contribution in [-0.4, -0.2) is 43.8 Å². The van der Waals surface area contributed by atoms with E-state index < -0.39 is 28.5 Å². The number of carbonyl (C=O) groups excluding carboxylic acids is 2. The van der Waals surface area contributed by atoms with E-state index in [1.165, 1.54) is 17.0 Å². The molecule has 0 heterocycles. The fourth-order valence-electron chi connectivity index (χ4n) is 4.93. The highest BCUT2D eigenvalue weighted by Gasteiger charge is 2.34. The van der Waals surface area contributed by atoms with Crippen LogP contribution in [0.2, 0.25) is 5.02 Å². The summed E-state index contributed by atoms with van der Waals surface area (Å²) in [5, 5.41) is 3.68. The van der Waals surface area contributed by atoms with Gasteiger partial charge in [0.2, 0.25) is 11.8 Å². The molecule has 0 spiro atoms. The van der Waals surface area contributed by atoms with Crippen molar-refractivity contribution in [1.29, 1.82) is 0 Å². The summed E-state index contributed by atoms with van der Waals surface area (Å²) in [6, 6.07) is 21.4. The van der Waals surface area contributed by atoms with Gasteiger partial charge in [0.15, 0.2) is 0 Å². The van der Waals surface area contributed by atoms with Crippen LogP contribution in [0.5, 0.6) is 0 Å². The number of hydrogen-bond donors (Lipinski definition) is 1. The number of nitrogens with zero attached hydrogens (tertiary/aromatic N) is 2. The van der Waals surface area contributed by atoms with Crippen molar-refractivity contribution in [2.45, 2.75) is 62.6 Å². The predicted octanol–water partition coefficient (Wildman–Crippen LogP) is 6.01. The smallest absolute Gasteiger partial charge is 0.264 e. The Morgan fingerprint density at radius 2 is 1.60 bits per heavy atom. The van der Waals surface area contributed by atoms with Gasteiger partial charge in [0, 0.05) is 21.2 Å². The van der Waals surface area contributed by atoms with Crippen LogP contribution in [0.15, 0.2) is 83.8 Å². The van der Waals surface area contributed by atoms with E-state index in [0.717, 1.165) is 39.1 Å². The topological polar surface area (TPSA) is 86.8 Å². The fourth-order valence-corrected chi connectivity index (χ4v) is 6.85. The molecule has 0 aromatic heterocycles. The maximum absolute atomic E-state index is 14.1. The summed E-state index contributed by atoms with van der Waals surface area (Å²) < 4.78 is 29.7. The second kappa shape index (κ2) is 13.8. The maximum atomic E-state index is 14.1. The van der Waals surface area contributed by atoms with Crippen LogP contribution >= 0.6 is 34.2 Å². The zero-order valence-electron chi connectivity index (χ0n) is 22.3. The van der Waals surface area contributed by atoms with Gasteiger partial charge in [-0.25, -0.2) is 8.42 Å². The first-order valence-corrected chi connectivity index (χ1v) is 16.3. The lowest BCUT2D eigenvalue weighted by molar-refractivity contribution is -0.140. The summed E-state index contributed by atoms with van der Waals surface area (Å²) in [7, 11) is -4.08. The fraction of sp³-hybridized carbons (Fsp3) is 0.333. The minimum absolute atomic E-state index is 0.0802. The molecule has 2 amide bonds. The Labute approximate surface area is 255 Å². The number of nitrogens with one attached hydrogen (secondary N) is 1. The van der Waals surface area contributed by atoms with Crippen molar-refractivity contribution in [3.8, 4) is 0 Å². The van der Waals surface area contributed by atoms with Gasteiger partial charge in [-0.2, -0.15) is 0 Å². The summed E-state index contributed by atoms with van der Waals surface area (Å²) >= 11 is 8.23. The minimum Gasteiger partial charge on any atom is -0.352 e. The van der Waals surface area contributed by atoms with Crippen LogP contribution < -0.4 is 9.62 Å². The lowest BCUT2D eigenvalue weighted by atomic mass is 10.1. The monoisotopic (exact) mass is 693 g/mol. The highest BCUT2D eigenvalue weighted by Crippen LogP contribution is 2.26. The van der Waals surface area contributed by atoms with Gasteiger partial charge in [0.25, 0.3) is 10.0 Å². The van der Waals surface area contributed by atoms with Gasteiger partial charge in [-0.1, -0.05) is 61.7 Å². The third-order valence-electron chi connectivity index (χ3n) is 7.08. The Balaban J connectivity index is 1.69. The molecule has 3 aromatic carbocycles. The molecule has 1 N–H and O–H groups in total. The standard InChI is InChI=1S/C30H33ClIN3O4S/c1-2-28(30(37)33-25-8-6-7-9-25)34(20-22-12-14-23(31)15-13-22)29(36)21-35(26-18-16-24(32)17-19-26)40(38,39)27-10-4-3-5-11-27/h3-5,10-19,25,28H,2,6-9,20-21H2,1H3,(H,33,37). The van der Waals surface area contributed by atoms with Crippen molar-refractivity contribution in [2.75, 3.05) is 10.8 Å². The highest BCUT2D eigenvalue weighted by atomic mass is 127. The molecule has 1 aliphatic rings. The molecule has 0 saturated heterocycles. The molecule has 7 nitrogen and oxygen atoms in total. The van der Waals surface area contributed by atoms with Crippen molar-refractivity contribution < 1.29 is 18.0 Å². The molecule has 0 aliphatic heterocycles. The number of carbonyl (C=O) groups is 2. The van der Waals surface area contributed by atoms with Gasteiger partial charge >= 0.3 is 0 Å². The summed E-state index contributed by atoms with van der Waals surface area (Å²) in [4.78, 5) is 29.1. The summed E-state index contributed by atoms with van der Waals surface area (Å²) in [6.45, 7) is 1.54. The third kappa shape index (κ3) is 7.55. The number of hydrogen-bond acceptors (Lipinski definition) is 4. The molecule has 1 atom stereocenters. The Morgan fingerprint density at radius 1 is 0.975 bits per heavy atom. The third-order valence-corrected chi connectivity index (χ3v) is 9.84. The van der Waals surface area contributed by atoms with Crippen LogP contribution in [-0.2, 0) is 26.2 Å². The van der Waals surface area contributed by atoms with Crippen molar-refractivity contribution in [3.05, 3.63) is 93.0 Å². The summed E-state index contributed by atoms with van der Waals surface area (Å²) in [6.07, 6.45) is 4.36. The largest absolute Gasteiger partial charge is 0.352 e. The molecular formula is C30H33ClIN3O4S. The predicted molar refractivity (Wildman–Crippen MR) is 167 cm³/mol. The molecule has 3 aromatic rings. The first-order chi connectivity index (χ1) is 19.2. The van der Waals surface area contributed by atoms with E-state index in [1.807, 2.05) is 19.1 Å². The maximum Gasteiger partial charge on any atom is 0.264 e. The van der Waals surface area contributed by atoms with Crippen LogP contribution in [0.4, 0.5) is 5.69 Å². The van der Waals surface area contributed by atoms with E-state index in [-0.39, 0.29) is 23.4 Å². The van der Waals surface area contributed by atoms with E-state index in [2.05, 4.69) is 27.9 Å². The molecule has 0 radical (unpaired) electrons. The SMILES string of the molecule is CCC(C(=O)NC1CCCC1)N(Cc1ccc(Cl)cc1)C(=O)CN(c1ccc(I)cc1)S(=O)(=O)c1ccccc1. The number of anilines is 1. The van der Waals surface area contributed by atoms with Crippen LogP contribution in [0.3, 0.4) is 0 Å². The van der Waals surface area contributed by atoms with Gasteiger partial charge < -0.3 is 10.2 Å². The Hall–Kier alpha value is -2.63. The Bertz CT molecular complexity index is 1400. The number of halogens is 2. The molecule has 4 rings (SSSR count). The molecule has 1 unspecified atom stereocenters. The Kier molecular flexibility index (Phi) is 10.5. The van der Waals surface area contributed by atoms with Gasteiger partial charge in [0.05, 0.1) is 10.6 Å². The zero-order valence-corrected chi connectivity index (χ0v) is 26.0. The zero-order chi connectivity index (χ0) is 28.7. The van der Waals surface area contributed by atoms with E-state index in [1.54, 1.807) is 54.6 Å². The van der Waals surface area contributed by atoms with Gasteiger partial charge in [-0.05, 0) is 95.9 Å². The van der Waals surface area contributed by atoms with E-state index in [9.17, 15) is 18.0 Å².